The molecule has 8 heteroatoms. The molecule has 2 heterocycles. The number of thiophene rings is 1. The summed E-state index contributed by atoms with van der Waals surface area (Å²) in [6, 6.07) is 5.63. The van der Waals surface area contributed by atoms with Crippen LogP contribution in [0.1, 0.15) is 39.1 Å². The topological polar surface area (TPSA) is 81.3 Å². The molecule has 28 heavy (non-hydrogen) atoms. The number of H-pyrrole nitrogens is 1. The lowest BCUT2D eigenvalue weighted by Crippen LogP contribution is -2.11. The summed E-state index contributed by atoms with van der Waals surface area (Å²) in [7, 11) is 1.61. The number of esters is 1. The maximum absolute atomic E-state index is 12.6. The van der Waals surface area contributed by atoms with E-state index >= 15 is 0 Å². The maximum Gasteiger partial charge on any atom is 0.348 e. The van der Waals surface area contributed by atoms with Crippen molar-refractivity contribution in [3.63, 3.8) is 0 Å². The standard InChI is InChI=1S/C20H19ClN2O4S/c1-5-27-20(25)16-11(3)15-18(24)22-17(23-19(15)28-16)13(21)9-12-6-7-14(26-4)10(2)8-12/h6-9H,5H2,1-4H3,(H,22,23,24)/b13-9-. The Kier molecular flexibility index (Phi) is 5.86. The second-order valence-corrected chi connectivity index (χ2v) is 7.50. The van der Waals surface area contributed by atoms with E-state index in [-0.39, 0.29) is 23.0 Å². The van der Waals surface area contributed by atoms with Crippen LogP contribution in [0.5, 0.6) is 5.75 Å². The third-order valence-electron chi connectivity index (χ3n) is 4.20. The molecule has 1 aromatic carbocycles. The first-order valence-corrected chi connectivity index (χ1v) is 9.77. The fourth-order valence-corrected chi connectivity index (χ4v) is 4.15. The van der Waals surface area contributed by atoms with Gasteiger partial charge >= 0.3 is 5.97 Å². The van der Waals surface area contributed by atoms with Crippen LogP contribution in [0.4, 0.5) is 0 Å². The summed E-state index contributed by atoms with van der Waals surface area (Å²) < 4.78 is 10.3. The smallest absolute Gasteiger partial charge is 0.348 e. The van der Waals surface area contributed by atoms with E-state index in [1.54, 1.807) is 27.0 Å². The molecule has 0 radical (unpaired) electrons. The molecule has 1 N–H and O–H groups in total. The number of methoxy groups -OCH3 is 1. The summed E-state index contributed by atoms with van der Waals surface area (Å²) in [6.45, 7) is 5.63. The average molecular weight is 419 g/mol. The quantitative estimate of drug-likeness (QED) is 0.616. The van der Waals surface area contributed by atoms with Gasteiger partial charge in [-0.05, 0) is 55.7 Å². The highest BCUT2D eigenvalue weighted by atomic mass is 35.5. The van der Waals surface area contributed by atoms with Gasteiger partial charge in [-0.15, -0.1) is 11.3 Å². The lowest BCUT2D eigenvalue weighted by Gasteiger charge is -2.05. The molecule has 0 aliphatic rings. The van der Waals surface area contributed by atoms with Crippen molar-refractivity contribution in [3.8, 4) is 5.75 Å². The van der Waals surface area contributed by atoms with Crippen LogP contribution in [-0.4, -0.2) is 29.7 Å². The van der Waals surface area contributed by atoms with Gasteiger partial charge in [0.25, 0.3) is 5.56 Å². The first-order chi connectivity index (χ1) is 13.3. The van der Waals surface area contributed by atoms with Gasteiger partial charge < -0.3 is 14.5 Å². The Morgan fingerprint density at radius 2 is 2.11 bits per heavy atom. The van der Waals surface area contributed by atoms with Crippen molar-refractivity contribution in [1.82, 2.24) is 9.97 Å². The minimum absolute atomic E-state index is 0.240. The van der Waals surface area contributed by atoms with Crippen LogP contribution in [0.25, 0.3) is 21.3 Å². The van der Waals surface area contributed by atoms with E-state index in [1.165, 1.54) is 0 Å². The highest BCUT2D eigenvalue weighted by Crippen LogP contribution is 2.29. The lowest BCUT2D eigenvalue weighted by molar-refractivity contribution is 0.0531. The summed E-state index contributed by atoms with van der Waals surface area (Å²) in [4.78, 5) is 32.6. The first-order valence-electron chi connectivity index (χ1n) is 8.58. The predicted octanol–water partition coefficient (Wildman–Crippen LogP) is 4.52. The SMILES string of the molecule is CCOC(=O)c1sc2nc(/C(Cl)=C/c3ccc(OC)c(C)c3)[nH]c(=O)c2c1C. The third kappa shape index (κ3) is 3.81. The number of hydrogen-bond donors (Lipinski definition) is 1. The van der Waals surface area contributed by atoms with Crippen LogP contribution < -0.4 is 10.3 Å². The second kappa shape index (κ2) is 8.16. The Labute approximate surface area is 170 Å². The van der Waals surface area contributed by atoms with Crippen molar-refractivity contribution in [2.45, 2.75) is 20.8 Å². The van der Waals surface area contributed by atoms with Gasteiger partial charge in [-0.25, -0.2) is 9.78 Å². The summed E-state index contributed by atoms with van der Waals surface area (Å²) in [6.07, 6.45) is 1.71. The predicted molar refractivity (Wildman–Crippen MR) is 112 cm³/mol. The maximum atomic E-state index is 12.6. The number of nitrogens with zero attached hydrogens (tertiary/aromatic N) is 1. The van der Waals surface area contributed by atoms with Crippen molar-refractivity contribution in [2.75, 3.05) is 13.7 Å². The monoisotopic (exact) mass is 418 g/mol. The lowest BCUT2D eigenvalue weighted by atomic mass is 10.1. The number of carbonyl (C=O) groups is 1. The van der Waals surface area contributed by atoms with E-state index in [9.17, 15) is 9.59 Å². The van der Waals surface area contributed by atoms with Crippen molar-refractivity contribution < 1.29 is 14.3 Å². The van der Waals surface area contributed by atoms with E-state index in [0.717, 1.165) is 28.2 Å². The zero-order valence-electron chi connectivity index (χ0n) is 15.9. The first kappa shape index (κ1) is 20.1. The van der Waals surface area contributed by atoms with Crippen molar-refractivity contribution in [2.24, 2.45) is 0 Å². The van der Waals surface area contributed by atoms with Gasteiger partial charge in [-0.2, -0.15) is 0 Å². The fourth-order valence-electron chi connectivity index (χ4n) is 2.85. The number of aryl methyl sites for hydroxylation is 2. The van der Waals surface area contributed by atoms with Gasteiger partial charge in [0.15, 0.2) is 5.82 Å². The molecule has 6 nitrogen and oxygen atoms in total. The third-order valence-corrected chi connectivity index (χ3v) is 5.65. The van der Waals surface area contributed by atoms with Crippen LogP contribution in [0, 0.1) is 13.8 Å². The molecule has 0 unspecified atom stereocenters. The molecule has 0 aliphatic carbocycles. The Hall–Kier alpha value is -2.64. The average Bonchev–Trinajstić information content (AvgIpc) is 2.99. The largest absolute Gasteiger partial charge is 0.496 e. The zero-order valence-corrected chi connectivity index (χ0v) is 17.5. The summed E-state index contributed by atoms with van der Waals surface area (Å²) in [5, 5.41) is 0.661. The number of aromatic amines is 1. The molecule has 146 valence electrons. The van der Waals surface area contributed by atoms with Gasteiger partial charge in [0.05, 0.1) is 24.1 Å². The zero-order chi connectivity index (χ0) is 20.4. The van der Waals surface area contributed by atoms with Crippen molar-refractivity contribution in [3.05, 3.63) is 55.9 Å². The number of benzene rings is 1. The van der Waals surface area contributed by atoms with Crippen LogP contribution in [-0.2, 0) is 4.74 Å². The molecule has 0 fully saturated rings. The normalized spacial score (nSPS) is 11.7. The van der Waals surface area contributed by atoms with E-state index in [4.69, 9.17) is 21.1 Å². The van der Waals surface area contributed by atoms with Gasteiger partial charge in [0.1, 0.15) is 15.5 Å². The summed E-state index contributed by atoms with van der Waals surface area (Å²) in [5.41, 5.74) is 2.03. The molecule has 0 aliphatic heterocycles. The van der Waals surface area contributed by atoms with Crippen LogP contribution in [0.3, 0.4) is 0 Å². The molecular formula is C20H19ClN2O4S. The molecule has 0 bridgehead atoms. The van der Waals surface area contributed by atoms with Gasteiger partial charge in [-0.3, -0.25) is 4.79 Å². The minimum atomic E-state index is -0.459. The number of hydrogen-bond acceptors (Lipinski definition) is 6. The van der Waals surface area contributed by atoms with Crippen LogP contribution >= 0.6 is 22.9 Å². The summed E-state index contributed by atoms with van der Waals surface area (Å²) in [5.74, 6) is 0.561. The highest BCUT2D eigenvalue weighted by Gasteiger charge is 2.20. The van der Waals surface area contributed by atoms with E-state index in [0.29, 0.717) is 20.7 Å². The number of aromatic nitrogens is 2. The molecule has 0 amide bonds. The van der Waals surface area contributed by atoms with E-state index in [2.05, 4.69) is 9.97 Å². The Bertz CT molecular complexity index is 1150. The molecule has 3 rings (SSSR count). The van der Waals surface area contributed by atoms with Gasteiger partial charge in [0.2, 0.25) is 0 Å². The van der Waals surface area contributed by atoms with Gasteiger partial charge in [0, 0.05) is 0 Å². The number of ether oxygens (including phenoxy) is 2. The van der Waals surface area contributed by atoms with Crippen molar-refractivity contribution >= 4 is 50.2 Å². The molecule has 0 saturated heterocycles. The number of nitrogens with one attached hydrogen (secondary N) is 1. The molecule has 0 spiro atoms. The molecule has 0 saturated carbocycles. The second-order valence-electron chi connectivity index (χ2n) is 6.09. The molecule has 0 atom stereocenters. The van der Waals surface area contributed by atoms with Crippen LogP contribution in [0.2, 0.25) is 0 Å². The van der Waals surface area contributed by atoms with Gasteiger partial charge in [-0.1, -0.05) is 17.7 Å². The van der Waals surface area contributed by atoms with E-state index in [1.807, 2.05) is 25.1 Å². The molecule has 3 aromatic rings. The number of carbonyl (C=O) groups excluding carboxylic acids is 1. The molecular weight excluding hydrogens is 400 g/mol. The number of rotatable bonds is 5. The number of halogens is 1. The highest BCUT2D eigenvalue weighted by molar-refractivity contribution is 7.20. The fraction of sp³-hybridized carbons (Fsp3) is 0.250. The molecule has 2 aromatic heterocycles. The number of fused-ring (bicyclic) bond motifs is 1. The Morgan fingerprint density at radius 3 is 2.75 bits per heavy atom. The van der Waals surface area contributed by atoms with Crippen molar-refractivity contribution in [1.29, 1.82) is 0 Å². The summed E-state index contributed by atoms with van der Waals surface area (Å²) >= 11 is 7.53. The Balaban J connectivity index is 2.05. The van der Waals surface area contributed by atoms with E-state index < -0.39 is 5.97 Å². The van der Waals surface area contributed by atoms with Crippen LogP contribution in [0.15, 0.2) is 23.0 Å². The Morgan fingerprint density at radius 1 is 1.36 bits per heavy atom. The minimum Gasteiger partial charge on any atom is -0.496 e.